The highest BCUT2D eigenvalue weighted by Gasteiger charge is 2.14. The fraction of sp³-hybridized carbons (Fsp3) is 0.200. The highest BCUT2D eigenvalue weighted by atomic mass is 32.2. The molecule has 1 aromatic carbocycles. The standard InChI is InChI=1S/C10H11NO3S/c1-3-4-8-5-6-9(11-2)7-10(8)15(12,13)14/h5-7,11H,1-2H3,(H,12,13,14). The molecule has 0 spiro atoms. The Balaban J connectivity index is 3.47. The predicted octanol–water partition coefficient (Wildman–Crippen LogP) is 1.35. The largest absolute Gasteiger partial charge is 0.388 e. The van der Waals surface area contributed by atoms with Gasteiger partial charge >= 0.3 is 0 Å². The average Bonchev–Trinajstić information content (AvgIpc) is 2.17. The molecule has 0 aliphatic rings. The summed E-state index contributed by atoms with van der Waals surface area (Å²) in [4.78, 5) is -0.177. The molecule has 0 amide bonds. The molecule has 0 aromatic heterocycles. The van der Waals surface area contributed by atoms with Gasteiger partial charge < -0.3 is 5.32 Å². The predicted molar refractivity (Wildman–Crippen MR) is 58.4 cm³/mol. The van der Waals surface area contributed by atoms with Crippen molar-refractivity contribution in [2.45, 2.75) is 11.8 Å². The molecule has 1 rings (SSSR count). The number of rotatable bonds is 2. The van der Waals surface area contributed by atoms with Crippen LogP contribution in [0.2, 0.25) is 0 Å². The van der Waals surface area contributed by atoms with Gasteiger partial charge in [0.05, 0.1) is 0 Å². The Morgan fingerprint density at radius 1 is 1.40 bits per heavy atom. The first-order valence-electron chi connectivity index (χ1n) is 4.21. The lowest BCUT2D eigenvalue weighted by molar-refractivity contribution is 0.483. The first kappa shape index (κ1) is 11.6. The Morgan fingerprint density at radius 2 is 2.07 bits per heavy atom. The van der Waals surface area contributed by atoms with Gasteiger partial charge in [0, 0.05) is 18.3 Å². The molecule has 0 aliphatic heterocycles. The molecule has 80 valence electrons. The summed E-state index contributed by atoms with van der Waals surface area (Å²) in [5.41, 5.74) is 0.892. The zero-order valence-electron chi connectivity index (χ0n) is 8.40. The van der Waals surface area contributed by atoms with Crippen molar-refractivity contribution in [3.05, 3.63) is 23.8 Å². The topological polar surface area (TPSA) is 66.4 Å². The van der Waals surface area contributed by atoms with E-state index < -0.39 is 10.1 Å². The lowest BCUT2D eigenvalue weighted by Gasteiger charge is -2.04. The Bertz CT molecular complexity index is 523. The Labute approximate surface area is 89.1 Å². The minimum absolute atomic E-state index is 0.177. The first-order valence-corrected chi connectivity index (χ1v) is 5.65. The molecular formula is C10H11NO3S. The van der Waals surface area contributed by atoms with Gasteiger partial charge in [0.25, 0.3) is 10.1 Å². The van der Waals surface area contributed by atoms with Crippen LogP contribution >= 0.6 is 0 Å². The van der Waals surface area contributed by atoms with E-state index in [9.17, 15) is 8.42 Å². The average molecular weight is 225 g/mol. The smallest absolute Gasteiger partial charge is 0.295 e. The quantitative estimate of drug-likeness (QED) is 0.589. The van der Waals surface area contributed by atoms with Crippen molar-refractivity contribution >= 4 is 15.8 Å². The summed E-state index contributed by atoms with van der Waals surface area (Å²) in [6.45, 7) is 1.60. The van der Waals surface area contributed by atoms with Crippen LogP contribution in [-0.2, 0) is 10.1 Å². The number of hydrogen-bond acceptors (Lipinski definition) is 3. The van der Waals surface area contributed by atoms with Crippen molar-refractivity contribution in [1.82, 2.24) is 0 Å². The summed E-state index contributed by atoms with van der Waals surface area (Å²) in [5, 5.41) is 2.79. The number of hydrogen-bond donors (Lipinski definition) is 2. The maximum Gasteiger partial charge on any atom is 0.295 e. The Hall–Kier alpha value is -1.51. The van der Waals surface area contributed by atoms with Crippen molar-refractivity contribution in [2.75, 3.05) is 12.4 Å². The highest BCUT2D eigenvalue weighted by molar-refractivity contribution is 7.85. The zero-order valence-corrected chi connectivity index (χ0v) is 9.22. The van der Waals surface area contributed by atoms with E-state index in [1.807, 2.05) is 0 Å². The molecule has 0 saturated heterocycles. The molecule has 0 unspecified atom stereocenters. The molecule has 0 bridgehead atoms. The molecule has 0 saturated carbocycles. The van der Waals surface area contributed by atoms with Crippen LogP contribution < -0.4 is 5.32 Å². The van der Waals surface area contributed by atoms with Gasteiger partial charge in [-0.2, -0.15) is 8.42 Å². The van der Waals surface area contributed by atoms with E-state index in [1.54, 1.807) is 26.1 Å². The van der Waals surface area contributed by atoms with Gasteiger partial charge in [0.15, 0.2) is 0 Å². The number of nitrogens with one attached hydrogen (secondary N) is 1. The van der Waals surface area contributed by atoms with E-state index in [0.29, 0.717) is 11.3 Å². The monoisotopic (exact) mass is 225 g/mol. The third-order valence-electron chi connectivity index (χ3n) is 1.81. The third-order valence-corrected chi connectivity index (χ3v) is 2.70. The molecule has 0 atom stereocenters. The van der Waals surface area contributed by atoms with Crippen molar-refractivity contribution in [2.24, 2.45) is 0 Å². The molecular weight excluding hydrogens is 214 g/mol. The Morgan fingerprint density at radius 3 is 2.53 bits per heavy atom. The lowest BCUT2D eigenvalue weighted by Crippen LogP contribution is -2.02. The molecule has 1 aromatic rings. The van der Waals surface area contributed by atoms with Gasteiger partial charge in [-0.3, -0.25) is 4.55 Å². The van der Waals surface area contributed by atoms with Gasteiger partial charge in [-0.1, -0.05) is 5.92 Å². The Kier molecular flexibility index (Phi) is 3.35. The van der Waals surface area contributed by atoms with E-state index in [-0.39, 0.29) is 4.90 Å². The second-order valence-corrected chi connectivity index (χ2v) is 4.20. The summed E-state index contributed by atoms with van der Waals surface area (Å²) in [6, 6.07) is 4.58. The van der Waals surface area contributed by atoms with Crippen LogP contribution in [-0.4, -0.2) is 20.0 Å². The van der Waals surface area contributed by atoms with E-state index in [2.05, 4.69) is 17.2 Å². The molecule has 15 heavy (non-hydrogen) atoms. The summed E-state index contributed by atoms with van der Waals surface area (Å²) in [6.07, 6.45) is 0. The molecule has 0 aliphatic carbocycles. The molecule has 2 N–H and O–H groups in total. The van der Waals surface area contributed by atoms with Crippen molar-refractivity contribution in [1.29, 1.82) is 0 Å². The minimum Gasteiger partial charge on any atom is -0.388 e. The van der Waals surface area contributed by atoms with Crippen LogP contribution in [0, 0.1) is 11.8 Å². The summed E-state index contributed by atoms with van der Waals surface area (Å²) in [7, 11) is -2.57. The van der Waals surface area contributed by atoms with Crippen LogP contribution in [0.3, 0.4) is 0 Å². The minimum atomic E-state index is -4.23. The van der Waals surface area contributed by atoms with Gasteiger partial charge in [-0.25, -0.2) is 0 Å². The fourth-order valence-corrected chi connectivity index (χ4v) is 1.80. The van der Waals surface area contributed by atoms with Crippen molar-refractivity contribution in [3.8, 4) is 11.8 Å². The highest BCUT2D eigenvalue weighted by Crippen LogP contribution is 2.19. The molecule has 0 radical (unpaired) electrons. The summed E-state index contributed by atoms with van der Waals surface area (Å²) in [5.74, 6) is 5.21. The van der Waals surface area contributed by atoms with Gasteiger partial charge in [-0.05, 0) is 25.1 Å². The molecule has 5 heteroatoms. The van der Waals surface area contributed by atoms with E-state index in [1.165, 1.54) is 6.07 Å². The summed E-state index contributed by atoms with van der Waals surface area (Å²) < 4.78 is 31.1. The third kappa shape index (κ3) is 2.72. The number of anilines is 1. The second-order valence-electron chi connectivity index (χ2n) is 2.81. The summed E-state index contributed by atoms with van der Waals surface area (Å²) >= 11 is 0. The first-order chi connectivity index (χ1) is 6.99. The fourth-order valence-electron chi connectivity index (χ4n) is 1.13. The van der Waals surface area contributed by atoms with Gasteiger partial charge in [0.1, 0.15) is 4.90 Å². The van der Waals surface area contributed by atoms with E-state index in [4.69, 9.17) is 4.55 Å². The maximum absolute atomic E-state index is 11.1. The van der Waals surface area contributed by atoms with Gasteiger partial charge in [0.2, 0.25) is 0 Å². The van der Waals surface area contributed by atoms with E-state index in [0.717, 1.165) is 0 Å². The molecule has 0 heterocycles. The van der Waals surface area contributed by atoms with Crippen molar-refractivity contribution in [3.63, 3.8) is 0 Å². The van der Waals surface area contributed by atoms with Crippen LogP contribution in [0.4, 0.5) is 5.69 Å². The maximum atomic E-state index is 11.1. The molecule has 0 fully saturated rings. The number of benzene rings is 1. The molecule has 4 nitrogen and oxygen atoms in total. The van der Waals surface area contributed by atoms with Crippen LogP contribution in [0.1, 0.15) is 12.5 Å². The van der Waals surface area contributed by atoms with Gasteiger partial charge in [-0.15, -0.1) is 5.92 Å². The van der Waals surface area contributed by atoms with E-state index >= 15 is 0 Å². The SMILES string of the molecule is CC#Cc1ccc(NC)cc1S(=O)(=O)O. The zero-order chi connectivity index (χ0) is 11.5. The van der Waals surface area contributed by atoms with Crippen LogP contribution in [0.15, 0.2) is 23.1 Å². The lowest BCUT2D eigenvalue weighted by atomic mass is 10.2. The van der Waals surface area contributed by atoms with Crippen LogP contribution in [0.25, 0.3) is 0 Å². The van der Waals surface area contributed by atoms with Crippen molar-refractivity contribution < 1.29 is 13.0 Å². The second kappa shape index (κ2) is 4.34. The normalized spacial score (nSPS) is 10.3. The van der Waals surface area contributed by atoms with Crippen LogP contribution in [0.5, 0.6) is 0 Å².